The van der Waals surface area contributed by atoms with E-state index in [1.807, 2.05) is 49.6 Å². The highest BCUT2D eigenvalue weighted by molar-refractivity contribution is 7.90. The number of sulfonamides is 1. The number of aryl methyl sites for hydroxylation is 1. The summed E-state index contributed by atoms with van der Waals surface area (Å²) in [5.74, 6) is 0. The summed E-state index contributed by atoms with van der Waals surface area (Å²) in [6.07, 6.45) is 5.48. The highest BCUT2D eigenvalue weighted by Crippen LogP contribution is 2.30. The van der Waals surface area contributed by atoms with Crippen LogP contribution in [0.3, 0.4) is 0 Å². The lowest BCUT2D eigenvalue weighted by Crippen LogP contribution is -2.38. The first-order valence-electron chi connectivity index (χ1n) is 8.70. The van der Waals surface area contributed by atoms with Crippen LogP contribution in [0.2, 0.25) is 0 Å². The second kappa shape index (κ2) is 7.25. The van der Waals surface area contributed by atoms with E-state index in [-0.39, 0.29) is 6.54 Å². The maximum Gasteiger partial charge on any atom is 0.216 e. The zero-order valence-corrected chi connectivity index (χ0v) is 16.8. The van der Waals surface area contributed by atoms with E-state index in [4.69, 9.17) is 0 Å². The molecule has 27 heavy (non-hydrogen) atoms. The van der Waals surface area contributed by atoms with E-state index in [1.165, 1.54) is 0 Å². The highest BCUT2D eigenvalue weighted by atomic mass is 32.2. The standard InChI is InChI=1S/C20H24N4O2S/c1-20(2,3)27(25,26)22-13-15-5-7-16(8-6-15)18-14-24(4)23-19(18)17-9-11-21-12-10-17/h5-12,14,22H,13H2,1-4H3. The Morgan fingerprint density at radius 2 is 1.63 bits per heavy atom. The Bertz CT molecular complexity index is 1020. The summed E-state index contributed by atoms with van der Waals surface area (Å²) >= 11 is 0. The molecule has 0 spiro atoms. The fourth-order valence-electron chi connectivity index (χ4n) is 2.62. The van der Waals surface area contributed by atoms with Gasteiger partial charge in [0.1, 0.15) is 5.69 Å². The van der Waals surface area contributed by atoms with E-state index in [2.05, 4.69) is 14.8 Å². The number of pyridine rings is 1. The Hall–Kier alpha value is -2.51. The van der Waals surface area contributed by atoms with Crippen molar-refractivity contribution in [3.63, 3.8) is 0 Å². The predicted octanol–water partition coefficient (Wildman–Crippen LogP) is 3.37. The molecule has 2 aromatic heterocycles. The second-order valence-electron chi connectivity index (χ2n) is 7.43. The van der Waals surface area contributed by atoms with E-state index in [9.17, 15) is 8.42 Å². The summed E-state index contributed by atoms with van der Waals surface area (Å²) in [5, 5.41) is 4.57. The van der Waals surface area contributed by atoms with Crippen molar-refractivity contribution in [1.29, 1.82) is 0 Å². The molecule has 3 aromatic rings. The smallest absolute Gasteiger partial charge is 0.216 e. The van der Waals surface area contributed by atoms with Crippen molar-refractivity contribution < 1.29 is 8.42 Å². The summed E-state index contributed by atoms with van der Waals surface area (Å²) in [7, 11) is -1.47. The van der Waals surface area contributed by atoms with Crippen LogP contribution in [-0.2, 0) is 23.6 Å². The Morgan fingerprint density at radius 1 is 1.00 bits per heavy atom. The zero-order chi connectivity index (χ0) is 19.7. The molecule has 0 unspecified atom stereocenters. The van der Waals surface area contributed by atoms with E-state index in [0.29, 0.717) is 0 Å². The SMILES string of the molecule is Cn1cc(-c2ccc(CNS(=O)(=O)C(C)(C)C)cc2)c(-c2ccncc2)n1. The molecule has 0 atom stereocenters. The van der Waals surface area contributed by atoms with Crippen LogP contribution < -0.4 is 4.72 Å². The van der Waals surface area contributed by atoms with Gasteiger partial charge in [0.2, 0.25) is 10.0 Å². The van der Waals surface area contributed by atoms with Gasteiger partial charge in [-0.1, -0.05) is 24.3 Å². The molecule has 1 aromatic carbocycles. The lowest BCUT2D eigenvalue weighted by Gasteiger charge is -2.19. The molecule has 0 fully saturated rings. The first-order valence-corrected chi connectivity index (χ1v) is 10.2. The topological polar surface area (TPSA) is 76.9 Å². The molecule has 0 saturated carbocycles. The number of nitrogens with one attached hydrogen (secondary N) is 1. The number of hydrogen-bond donors (Lipinski definition) is 1. The summed E-state index contributed by atoms with van der Waals surface area (Å²) in [6, 6.07) is 11.7. The fraction of sp³-hybridized carbons (Fsp3) is 0.300. The summed E-state index contributed by atoms with van der Waals surface area (Å²) in [4.78, 5) is 4.06. The van der Waals surface area contributed by atoms with Crippen molar-refractivity contribution in [1.82, 2.24) is 19.5 Å². The van der Waals surface area contributed by atoms with Crippen LogP contribution in [0.4, 0.5) is 0 Å². The Balaban J connectivity index is 1.83. The molecule has 0 aliphatic heterocycles. The van der Waals surface area contributed by atoms with Crippen LogP contribution in [0.15, 0.2) is 55.0 Å². The molecule has 2 heterocycles. The number of rotatable bonds is 5. The molecular formula is C20H24N4O2S. The molecule has 0 saturated heterocycles. The third kappa shape index (κ3) is 4.26. The van der Waals surface area contributed by atoms with Gasteiger partial charge in [0, 0.05) is 43.3 Å². The third-order valence-electron chi connectivity index (χ3n) is 4.32. The number of aromatic nitrogens is 3. The number of hydrogen-bond acceptors (Lipinski definition) is 4. The lowest BCUT2D eigenvalue weighted by molar-refractivity contribution is 0.544. The van der Waals surface area contributed by atoms with Crippen LogP contribution in [0, 0.1) is 0 Å². The van der Waals surface area contributed by atoms with E-state index in [1.54, 1.807) is 37.8 Å². The molecule has 142 valence electrons. The maximum atomic E-state index is 12.2. The molecule has 6 nitrogen and oxygen atoms in total. The minimum atomic E-state index is -3.37. The monoisotopic (exact) mass is 384 g/mol. The van der Waals surface area contributed by atoms with Crippen LogP contribution in [0.25, 0.3) is 22.4 Å². The normalized spacial score (nSPS) is 12.3. The van der Waals surface area contributed by atoms with Gasteiger partial charge in [0.25, 0.3) is 0 Å². The molecule has 0 radical (unpaired) electrons. The molecular weight excluding hydrogens is 360 g/mol. The molecule has 0 aliphatic rings. The van der Waals surface area contributed by atoms with Crippen LogP contribution in [-0.4, -0.2) is 27.9 Å². The molecule has 7 heteroatoms. The number of benzene rings is 1. The minimum Gasteiger partial charge on any atom is -0.275 e. The molecule has 3 rings (SSSR count). The van der Waals surface area contributed by atoms with Gasteiger partial charge in [-0.25, -0.2) is 13.1 Å². The number of nitrogens with zero attached hydrogens (tertiary/aromatic N) is 3. The van der Waals surface area contributed by atoms with Gasteiger partial charge in [-0.3, -0.25) is 9.67 Å². The predicted molar refractivity (Wildman–Crippen MR) is 107 cm³/mol. The minimum absolute atomic E-state index is 0.268. The van der Waals surface area contributed by atoms with Crippen molar-refractivity contribution in [2.75, 3.05) is 0 Å². The fourth-order valence-corrected chi connectivity index (χ4v) is 3.41. The van der Waals surface area contributed by atoms with Crippen molar-refractivity contribution in [3.8, 4) is 22.4 Å². The van der Waals surface area contributed by atoms with Gasteiger partial charge in [-0.2, -0.15) is 5.10 Å². The molecule has 0 bridgehead atoms. The molecule has 0 amide bonds. The van der Waals surface area contributed by atoms with Crippen molar-refractivity contribution in [2.45, 2.75) is 32.1 Å². The van der Waals surface area contributed by atoms with Crippen molar-refractivity contribution in [2.24, 2.45) is 7.05 Å². The van der Waals surface area contributed by atoms with Gasteiger partial charge < -0.3 is 0 Å². The Labute approximate surface area is 160 Å². The van der Waals surface area contributed by atoms with Crippen LogP contribution in [0.5, 0.6) is 0 Å². The maximum absolute atomic E-state index is 12.2. The third-order valence-corrected chi connectivity index (χ3v) is 6.46. The van der Waals surface area contributed by atoms with Gasteiger partial charge in [0.15, 0.2) is 0 Å². The summed E-state index contributed by atoms with van der Waals surface area (Å²) < 4.78 is 28.0. The van der Waals surface area contributed by atoms with E-state index >= 15 is 0 Å². The van der Waals surface area contributed by atoms with E-state index < -0.39 is 14.8 Å². The Morgan fingerprint density at radius 3 is 2.22 bits per heavy atom. The van der Waals surface area contributed by atoms with Gasteiger partial charge in [-0.05, 0) is 44.0 Å². The molecule has 1 N–H and O–H groups in total. The quantitative estimate of drug-likeness (QED) is 0.732. The van der Waals surface area contributed by atoms with Crippen LogP contribution >= 0.6 is 0 Å². The van der Waals surface area contributed by atoms with E-state index in [0.717, 1.165) is 27.9 Å². The summed E-state index contributed by atoms with van der Waals surface area (Å²) in [5.41, 5.74) is 4.84. The second-order valence-corrected chi connectivity index (χ2v) is 9.96. The summed E-state index contributed by atoms with van der Waals surface area (Å²) in [6.45, 7) is 5.31. The average molecular weight is 385 g/mol. The van der Waals surface area contributed by atoms with Gasteiger partial charge in [0.05, 0.1) is 4.75 Å². The van der Waals surface area contributed by atoms with Crippen molar-refractivity contribution in [3.05, 3.63) is 60.6 Å². The highest BCUT2D eigenvalue weighted by Gasteiger charge is 2.28. The van der Waals surface area contributed by atoms with Crippen LogP contribution in [0.1, 0.15) is 26.3 Å². The first-order chi connectivity index (χ1) is 12.7. The lowest BCUT2D eigenvalue weighted by atomic mass is 10.0. The molecule has 0 aliphatic carbocycles. The van der Waals surface area contributed by atoms with Gasteiger partial charge in [-0.15, -0.1) is 0 Å². The Kier molecular flexibility index (Phi) is 5.17. The zero-order valence-electron chi connectivity index (χ0n) is 16.0. The van der Waals surface area contributed by atoms with Crippen molar-refractivity contribution >= 4 is 10.0 Å². The van der Waals surface area contributed by atoms with Gasteiger partial charge >= 0.3 is 0 Å². The average Bonchev–Trinajstić information content (AvgIpc) is 3.02. The first kappa shape index (κ1) is 19.3. The largest absolute Gasteiger partial charge is 0.275 e.